The first-order valence-corrected chi connectivity index (χ1v) is 10.4. The molecule has 1 aromatic carbocycles. The number of amides is 1. The number of hydrogen-bond donors (Lipinski definition) is 0. The molecule has 1 saturated heterocycles. The van der Waals surface area contributed by atoms with E-state index in [-0.39, 0.29) is 12.3 Å². The van der Waals surface area contributed by atoms with E-state index in [1.807, 2.05) is 0 Å². The number of hydrogen-bond acceptors (Lipinski definition) is 6. The highest BCUT2D eigenvalue weighted by Crippen LogP contribution is 2.19. The lowest BCUT2D eigenvalue weighted by atomic mass is 10.2. The fourth-order valence-corrected chi connectivity index (χ4v) is 3.67. The van der Waals surface area contributed by atoms with Gasteiger partial charge in [-0.2, -0.15) is 9.29 Å². The zero-order chi connectivity index (χ0) is 18.7. The molecule has 1 fully saturated rings. The summed E-state index contributed by atoms with van der Waals surface area (Å²) in [5.74, 6) is 0.786. The lowest BCUT2D eigenvalue weighted by Crippen LogP contribution is -2.50. The summed E-state index contributed by atoms with van der Waals surface area (Å²) in [6, 6.07) is 7.08. The molecule has 0 bridgehead atoms. The van der Waals surface area contributed by atoms with Crippen molar-refractivity contribution in [2.75, 3.05) is 32.4 Å². The molecule has 0 spiro atoms. The molecular formula is C16H19ClN4O4S. The van der Waals surface area contributed by atoms with Crippen molar-refractivity contribution in [2.45, 2.75) is 12.8 Å². The third-order valence-electron chi connectivity index (χ3n) is 4.18. The standard InChI is InChI=1S/C16H19ClN4O4S/c1-26(23,24)21-10-8-20(9-11-21)15(22)7-6-14-18-16(19-25-14)12-2-4-13(17)5-3-12/h2-5H,6-11H2,1H3. The van der Waals surface area contributed by atoms with Crippen LogP contribution in [0.3, 0.4) is 0 Å². The van der Waals surface area contributed by atoms with Gasteiger partial charge in [0.15, 0.2) is 0 Å². The summed E-state index contributed by atoms with van der Waals surface area (Å²) < 4.78 is 29.6. The highest BCUT2D eigenvalue weighted by atomic mass is 35.5. The second-order valence-electron chi connectivity index (χ2n) is 6.06. The highest BCUT2D eigenvalue weighted by molar-refractivity contribution is 7.88. The SMILES string of the molecule is CS(=O)(=O)N1CCN(C(=O)CCc2nc(-c3ccc(Cl)cc3)no2)CC1. The molecule has 0 saturated carbocycles. The minimum atomic E-state index is -3.20. The number of halogens is 1. The van der Waals surface area contributed by atoms with Crippen LogP contribution in [0.4, 0.5) is 0 Å². The first-order valence-electron chi connectivity index (χ1n) is 8.14. The van der Waals surface area contributed by atoms with Crippen LogP contribution in [0, 0.1) is 0 Å². The van der Waals surface area contributed by atoms with Gasteiger partial charge in [-0.1, -0.05) is 16.8 Å². The van der Waals surface area contributed by atoms with E-state index in [1.54, 1.807) is 29.2 Å². The molecule has 1 aliphatic rings. The van der Waals surface area contributed by atoms with Crippen molar-refractivity contribution >= 4 is 27.5 Å². The summed E-state index contributed by atoms with van der Waals surface area (Å²) in [5.41, 5.74) is 0.785. The van der Waals surface area contributed by atoms with Gasteiger partial charge >= 0.3 is 0 Å². The number of benzene rings is 1. The summed E-state index contributed by atoms with van der Waals surface area (Å²) in [6.07, 6.45) is 1.76. The van der Waals surface area contributed by atoms with E-state index in [0.717, 1.165) is 5.56 Å². The Kier molecular flexibility index (Phi) is 5.59. The van der Waals surface area contributed by atoms with Crippen LogP contribution in [0.15, 0.2) is 28.8 Å². The molecule has 2 aromatic rings. The Labute approximate surface area is 156 Å². The Balaban J connectivity index is 1.52. The number of aryl methyl sites for hydroxylation is 1. The fraction of sp³-hybridized carbons (Fsp3) is 0.438. The van der Waals surface area contributed by atoms with Crippen molar-refractivity contribution in [3.8, 4) is 11.4 Å². The number of carbonyl (C=O) groups excluding carboxylic acids is 1. The molecule has 1 amide bonds. The summed E-state index contributed by atoms with van der Waals surface area (Å²) in [7, 11) is -3.20. The van der Waals surface area contributed by atoms with Crippen LogP contribution in [-0.4, -0.2) is 66.1 Å². The zero-order valence-corrected chi connectivity index (χ0v) is 15.8. The van der Waals surface area contributed by atoms with Crippen LogP contribution < -0.4 is 0 Å². The molecule has 8 nitrogen and oxygen atoms in total. The first kappa shape index (κ1) is 18.8. The molecule has 0 atom stereocenters. The van der Waals surface area contributed by atoms with E-state index in [2.05, 4.69) is 10.1 Å². The monoisotopic (exact) mass is 398 g/mol. The number of rotatable bonds is 5. The molecule has 1 aliphatic heterocycles. The van der Waals surface area contributed by atoms with Crippen molar-refractivity contribution in [1.29, 1.82) is 0 Å². The molecule has 0 radical (unpaired) electrons. The molecule has 2 heterocycles. The predicted octanol–water partition coefficient (Wildman–Crippen LogP) is 1.43. The lowest BCUT2D eigenvalue weighted by molar-refractivity contribution is -0.132. The van der Waals surface area contributed by atoms with Gasteiger partial charge in [0.25, 0.3) is 0 Å². The molecule has 26 heavy (non-hydrogen) atoms. The molecule has 0 aliphatic carbocycles. The van der Waals surface area contributed by atoms with Gasteiger partial charge in [0.2, 0.25) is 27.6 Å². The molecule has 3 rings (SSSR count). The Morgan fingerprint density at radius 3 is 2.46 bits per heavy atom. The lowest BCUT2D eigenvalue weighted by Gasteiger charge is -2.33. The first-order chi connectivity index (χ1) is 12.3. The highest BCUT2D eigenvalue weighted by Gasteiger charge is 2.26. The summed E-state index contributed by atoms with van der Waals surface area (Å²) >= 11 is 5.85. The van der Waals surface area contributed by atoms with Crippen LogP contribution in [0.2, 0.25) is 5.02 Å². The summed E-state index contributed by atoms with van der Waals surface area (Å²) in [4.78, 5) is 18.3. The van der Waals surface area contributed by atoms with Gasteiger partial charge in [0, 0.05) is 49.6 Å². The van der Waals surface area contributed by atoms with Crippen LogP contribution in [-0.2, 0) is 21.2 Å². The van der Waals surface area contributed by atoms with Crippen molar-refractivity contribution in [3.05, 3.63) is 35.2 Å². The van der Waals surface area contributed by atoms with Gasteiger partial charge < -0.3 is 9.42 Å². The maximum atomic E-state index is 12.3. The average Bonchev–Trinajstić information content (AvgIpc) is 3.08. The van der Waals surface area contributed by atoms with E-state index in [9.17, 15) is 13.2 Å². The van der Waals surface area contributed by atoms with E-state index in [0.29, 0.717) is 49.3 Å². The number of piperazine rings is 1. The quantitative estimate of drug-likeness (QED) is 0.755. The number of sulfonamides is 1. The van der Waals surface area contributed by atoms with E-state index < -0.39 is 10.0 Å². The van der Waals surface area contributed by atoms with Crippen molar-refractivity contribution in [2.24, 2.45) is 0 Å². The van der Waals surface area contributed by atoms with Crippen LogP contribution in [0.25, 0.3) is 11.4 Å². The van der Waals surface area contributed by atoms with Crippen molar-refractivity contribution in [1.82, 2.24) is 19.3 Å². The van der Waals surface area contributed by atoms with Gasteiger partial charge in [0.05, 0.1) is 6.26 Å². The third-order valence-corrected chi connectivity index (χ3v) is 5.74. The van der Waals surface area contributed by atoms with Crippen molar-refractivity contribution < 1.29 is 17.7 Å². The van der Waals surface area contributed by atoms with Crippen LogP contribution in [0.5, 0.6) is 0 Å². The van der Waals surface area contributed by atoms with Crippen LogP contribution in [0.1, 0.15) is 12.3 Å². The van der Waals surface area contributed by atoms with E-state index >= 15 is 0 Å². The van der Waals surface area contributed by atoms with E-state index in [4.69, 9.17) is 16.1 Å². The van der Waals surface area contributed by atoms with Gasteiger partial charge in [-0.3, -0.25) is 4.79 Å². The topological polar surface area (TPSA) is 96.6 Å². The molecule has 0 unspecified atom stereocenters. The second-order valence-corrected chi connectivity index (χ2v) is 8.48. The van der Waals surface area contributed by atoms with Gasteiger partial charge in [0.1, 0.15) is 0 Å². The number of nitrogens with zero attached hydrogens (tertiary/aromatic N) is 4. The Hall–Kier alpha value is -1.97. The summed E-state index contributed by atoms with van der Waals surface area (Å²) in [6.45, 7) is 1.44. The number of carbonyl (C=O) groups is 1. The normalized spacial score (nSPS) is 16.0. The maximum Gasteiger partial charge on any atom is 0.227 e. The third kappa shape index (κ3) is 4.60. The molecule has 10 heteroatoms. The zero-order valence-electron chi connectivity index (χ0n) is 14.3. The molecule has 0 N–H and O–H groups in total. The Bertz CT molecular complexity index is 874. The maximum absolute atomic E-state index is 12.3. The Morgan fingerprint density at radius 2 is 1.85 bits per heavy atom. The molecule has 1 aromatic heterocycles. The van der Waals surface area contributed by atoms with Gasteiger partial charge in [-0.15, -0.1) is 0 Å². The molecule has 140 valence electrons. The average molecular weight is 399 g/mol. The minimum Gasteiger partial charge on any atom is -0.340 e. The van der Waals surface area contributed by atoms with Gasteiger partial charge in [-0.25, -0.2) is 8.42 Å². The fourth-order valence-electron chi connectivity index (χ4n) is 2.71. The summed E-state index contributed by atoms with van der Waals surface area (Å²) in [5, 5.41) is 4.54. The second kappa shape index (κ2) is 7.73. The minimum absolute atomic E-state index is 0.0515. The smallest absolute Gasteiger partial charge is 0.227 e. The van der Waals surface area contributed by atoms with Crippen molar-refractivity contribution in [3.63, 3.8) is 0 Å². The van der Waals surface area contributed by atoms with Gasteiger partial charge in [-0.05, 0) is 24.3 Å². The Morgan fingerprint density at radius 1 is 1.19 bits per heavy atom. The van der Waals surface area contributed by atoms with Crippen LogP contribution >= 0.6 is 11.6 Å². The number of aromatic nitrogens is 2. The molecular weight excluding hydrogens is 380 g/mol. The largest absolute Gasteiger partial charge is 0.340 e. The predicted molar refractivity (Wildman–Crippen MR) is 96.1 cm³/mol. The van der Waals surface area contributed by atoms with E-state index in [1.165, 1.54) is 10.6 Å².